The Labute approximate surface area is 123 Å². The van der Waals surface area contributed by atoms with E-state index in [0.29, 0.717) is 18.7 Å². The van der Waals surface area contributed by atoms with Crippen molar-refractivity contribution in [2.24, 2.45) is 0 Å². The van der Waals surface area contributed by atoms with Crippen LogP contribution in [0.5, 0.6) is 0 Å². The van der Waals surface area contributed by atoms with Crippen molar-refractivity contribution in [1.82, 2.24) is 10.2 Å². The molecule has 20 heavy (non-hydrogen) atoms. The van der Waals surface area contributed by atoms with Crippen LogP contribution in [-0.2, 0) is 10.5 Å². The maximum atomic E-state index is 12.6. The zero-order valence-corrected chi connectivity index (χ0v) is 12.9. The second-order valence-corrected chi connectivity index (χ2v) is 6.27. The van der Waals surface area contributed by atoms with Crippen LogP contribution in [0.15, 0.2) is 24.3 Å². The summed E-state index contributed by atoms with van der Waals surface area (Å²) in [5, 5.41) is 2.80. The Morgan fingerprint density at radius 3 is 2.60 bits per heavy atom. The predicted octanol–water partition coefficient (Wildman–Crippen LogP) is 1.90. The van der Waals surface area contributed by atoms with Gasteiger partial charge in [-0.05, 0) is 37.8 Å². The van der Waals surface area contributed by atoms with Crippen LogP contribution in [0.3, 0.4) is 0 Å². The van der Waals surface area contributed by atoms with Crippen molar-refractivity contribution in [3.63, 3.8) is 0 Å². The molecule has 1 fully saturated rings. The molecule has 1 aromatic rings. The number of carbonyl (C=O) groups excluding carboxylic acids is 2. The molecule has 0 aliphatic carbocycles. The van der Waals surface area contributed by atoms with Crippen molar-refractivity contribution in [2.45, 2.75) is 25.1 Å². The van der Waals surface area contributed by atoms with Crippen molar-refractivity contribution >= 4 is 23.6 Å². The Morgan fingerprint density at radius 1 is 1.35 bits per heavy atom. The van der Waals surface area contributed by atoms with Crippen LogP contribution in [-0.4, -0.2) is 41.6 Å². The molecule has 1 saturated heterocycles. The topological polar surface area (TPSA) is 49.4 Å². The molecule has 1 N–H and O–H groups in total. The maximum absolute atomic E-state index is 12.6. The van der Waals surface area contributed by atoms with Crippen LogP contribution < -0.4 is 5.32 Å². The minimum atomic E-state index is -0.798. The summed E-state index contributed by atoms with van der Waals surface area (Å²) in [6.07, 6.45) is 2.05. The van der Waals surface area contributed by atoms with Gasteiger partial charge in [-0.15, -0.1) is 0 Å². The molecule has 0 atom stereocenters. The summed E-state index contributed by atoms with van der Waals surface area (Å²) >= 11 is 1.75. The highest BCUT2D eigenvalue weighted by atomic mass is 32.2. The van der Waals surface area contributed by atoms with Gasteiger partial charge in [-0.3, -0.25) is 9.59 Å². The monoisotopic (exact) mass is 292 g/mol. The van der Waals surface area contributed by atoms with E-state index in [2.05, 4.69) is 5.32 Å². The van der Waals surface area contributed by atoms with Gasteiger partial charge < -0.3 is 10.2 Å². The van der Waals surface area contributed by atoms with Gasteiger partial charge in [-0.2, -0.15) is 11.8 Å². The molecule has 2 amide bonds. The first-order chi connectivity index (χ1) is 9.46. The van der Waals surface area contributed by atoms with Gasteiger partial charge in [0, 0.05) is 24.4 Å². The first kappa shape index (κ1) is 14.9. The standard InChI is InChI=1S/C15H20N2O2S/c1-15(2)14(19)16-8-9-17(15)13(18)12-6-4-11(5-7-12)10-20-3/h4-7H,8-10H2,1-3H3,(H,16,19). The van der Waals surface area contributed by atoms with Crippen molar-refractivity contribution in [2.75, 3.05) is 19.3 Å². The molecule has 0 aromatic heterocycles. The molecule has 1 heterocycles. The number of hydrogen-bond donors (Lipinski definition) is 1. The van der Waals surface area contributed by atoms with Gasteiger partial charge in [0.1, 0.15) is 5.54 Å². The molecule has 1 aliphatic heterocycles. The van der Waals surface area contributed by atoms with Crippen LogP contribution >= 0.6 is 11.8 Å². The third-order valence-electron chi connectivity index (χ3n) is 3.61. The SMILES string of the molecule is CSCc1ccc(C(=O)N2CCNC(=O)C2(C)C)cc1. The highest BCUT2D eigenvalue weighted by Crippen LogP contribution is 2.21. The van der Waals surface area contributed by atoms with Gasteiger partial charge in [0.2, 0.25) is 5.91 Å². The summed E-state index contributed by atoms with van der Waals surface area (Å²) in [6, 6.07) is 7.63. The van der Waals surface area contributed by atoms with E-state index in [1.165, 1.54) is 5.56 Å². The number of hydrogen-bond acceptors (Lipinski definition) is 3. The molecular formula is C15H20N2O2S. The van der Waals surface area contributed by atoms with E-state index in [4.69, 9.17) is 0 Å². The molecule has 1 aliphatic rings. The minimum Gasteiger partial charge on any atom is -0.352 e. The number of nitrogens with one attached hydrogen (secondary N) is 1. The summed E-state index contributed by atoms with van der Waals surface area (Å²) in [5.41, 5.74) is 1.04. The summed E-state index contributed by atoms with van der Waals surface area (Å²) < 4.78 is 0. The van der Waals surface area contributed by atoms with Gasteiger partial charge in [-0.1, -0.05) is 12.1 Å². The number of carbonyl (C=O) groups is 2. The Bertz CT molecular complexity index is 511. The molecule has 0 spiro atoms. The van der Waals surface area contributed by atoms with E-state index >= 15 is 0 Å². The normalized spacial score (nSPS) is 17.8. The van der Waals surface area contributed by atoms with Gasteiger partial charge in [0.15, 0.2) is 0 Å². The van der Waals surface area contributed by atoms with Gasteiger partial charge in [-0.25, -0.2) is 0 Å². The second-order valence-electron chi connectivity index (χ2n) is 5.40. The first-order valence-corrected chi connectivity index (χ1v) is 8.04. The minimum absolute atomic E-state index is 0.0828. The zero-order valence-electron chi connectivity index (χ0n) is 12.1. The van der Waals surface area contributed by atoms with Gasteiger partial charge >= 0.3 is 0 Å². The molecular weight excluding hydrogens is 272 g/mol. The lowest BCUT2D eigenvalue weighted by molar-refractivity contribution is -0.133. The lowest BCUT2D eigenvalue weighted by atomic mass is 9.97. The van der Waals surface area contributed by atoms with Crippen LogP contribution in [0.1, 0.15) is 29.8 Å². The van der Waals surface area contributed by atoms with Gasteiger partial charge in [0.05, 0.1) is 0 Å². The van der Waals surface area contributed by atoms with E-state index in [1.807, 2.05) is 30.5 Å². The lowest BCUT2D eigenvalue weighted by Gasteiger charge is -2.41. The van der Waals surface area contributed by atoms with Crippen LogP contribution in [0.4, 0.5) is 0 Å². The summed E-state index contributed by atoms with van der Waals surface area (Å²) in [7, 11) is 0. The van der Waals surface area contributed by atoms with E-state index in [-0.39, 0.29) is 11.8 Å². The molecule has 5 heteroatoms. The number of nitrogens with zero attached hydrogens (tertiary/aromatic N) is 1. The molecule has 4 nitrogen and oxygen atoms in total. The van der Waals surface area contributed by atoms with Crippen molar-refractivity contribution in [3.8, 4) is 0 Å². The van der Waals surface area contributed by atoms with Gasteiger partial charge in [0.25, 0.3) is 5.91 Å². The smallest absolute Gasteiger partial charge is 0.254 e. The van der Waals surface area contributed by atoms with E-state index in [1.54, 1.807) is 30.5 Å². The average molecular weight is 292 g/mol. The highest BCUT2D eigenvalue weighted by Gasteiger charge is 2.40. The first-order valence-electron chi connectivity index (χ1n) is 6.65. The Balaban J connectivity index is 2.20. The quantitative estimate of drug-likeness (QED) is 0.925. The van der Waals surface area contributed by atoms with Crippen molar-refractivity contribution in [3.05, 3.63) is 35.4 Å². The fourth-order valence-electron chi connectivity index (χ4n) is 2.32. The Hall–Kier alpha value is -1.49. The van der Waals surface area contributed by atoms with Crippen LogP contribution in [0, 0.1) is 0 Å². The number of piperazine rings is 1. The highest BCUT2D eigenvalue weighted by molar-refractivity contribution is 7.97. The maximum Gasteiger partial charge on any atom is 0.254 e. The number of amides is 2. The van der Waals surface area contributed by atoms with Crippen molar-refractivity contribution in [1.29, 1.82) is 0 Å². The Morgan fingerprint density at radius 2 is 2.00 bits per heavy atom. The predicted molar refractivity (Wildman–Crippen MR) is 81.8 cm³/mol. The molecule has 0 bridgehead atoms. The van der Waals surface area contributed by atoms with E-state index in [0.717, 1.165) is 5.75 Å². The number of rotatable bonds is 3. The molecule has 2 rings (SSSR count). The van der Waals surface area contributed by atoms with E-state index in [9.17, 15) is 9.59 Å². The molecule has 0 saturated carbocycles. The van der Waals surface area contributed by atoms with Crippen molar-refractivity contribution < 1.29 is 9.59 Å². The third-order valence-corrected chi connectivity index (χ3v) is 4.23. The number of thioether (sulfide) groups is 1. The van der Waals surface area contributed by atoms with Crippen LogP contribution in [0.2, 0.25) is 0 Å². The molecule has 108 valence electrons. The number of benzene rings is 1. The molecule has 0 radical (unpaired) electrons. The lowest BCUT2D eigenvalue weighted by Crippen LogP contribution is -2.63. The summed E-state index contributed by atoms with van der Waals surface area (Å²) in [6.45, 7) is 4.62. The third kappa shape index (κ3) is 2.82. The summed E-state index contributed by atoms with van der Waals surface area (Å²) in [4.78, 5) is 26.1. The fraction of sp³-hybridized carbons (Fsp3) is 0.467. The van der Waals surface area contributed by atoms with E-state index < -0.39 is 5.54 Å². The second kappa shape index (κ2) is 5.87. The molecule has 1 aromatic carbocycles. The molecule has 0 unspecified atom stereocenters. The Kier molecular flexibility index (Phi) is 4.38. The summed E-state index contributed by atoms with van der Waals surface area (Å²) in [5.74, 6) is 0.753. The van der Waals surface area contributed by atoms with Crippen LogP contribution in [0.25, 0.3) is 0 Å². The average Bonchev–Trinajstić information content (AvgIpc) is 2.42. The zero-order chi connectivity index (χ0) is 14.8. The largest absolute Gasteiger partial charge is 0.352 e. The fourth-order valence-corrected chi connectivity index (χ4v) is 2.85.